The first-order chi connectivity index (χ1) is 10.6. The van der Waals surface area contributed by atoms with Gasteiger partial charge in [-0.15, -0.1) is 0 Å². The Morgan fingerprint density at radius 2 is 1.27 bits per heavy atom. The second-order valence-corrected chi connectivity index (χ2v) is 6.10. The number of hydrogen-bond acceptors (Lipinski definition) is 2. The third-order valence-electron chi connectivity index (χ3n) is 3.89. The van der Waals surface area contributed by atoms with Crippen LogP contribution in [-0.4, -0.2) is 23.0 Å². The highest BCUT2D eigenvalue weighted by atomic mass is 16.4. The molecule has 0 aliphatic rings. The van der Waals surface area contributed by atoms with E-state index in [4.69, 9.17) is 5.11 Å². The number of carboxylic acid groups (broad SMARTS) is 1. The molecule has 4 nitrogen and oxygen atoms in total. The quantitative estimate of drug-likeness (QED) is 0.438. The van der Waals surface area contributed by atoms with E-state index in [1.807, 2.05) is 0 Å². The van der Waals surface area contributed by atoms with Crippen molar-refractivity contribution in [2.45, 2.75) is 96.4 Å². The molecule has 2 N–H and O–H groups in total. The lowest BCUT2D eigenvalue weighted by atomic mass is 10.0. The van der Waals surface area contributed by atoms with Gasteiger partial charge in [0.2, 0.25) is 5.91 Å². The van der Waals surface area contributed by atoms with E-state index in [-0.39, 0.29) is 5.91 Å². The van der Waals surface area contributed by atoms with Crippen molar-refractivity contribution in [1.29, 1.82) is 0 Å². The van der Waals surface area contributed by atoms with Crippen LogP contribution in [0.3, 0.4) is 0 Å². The molecular weight excluding hydrogens is 278 g/mol. The topological polar surface area (TPSA) is 66.4 Å². The van der Waals surface area contributed by atoms with Crippen LogP contribution in [0.25, 0.3) is 0 Å². The lowest BCUT2D eigenvalue weighted by Gasteiger charge is -2.08. The third-order valence-corrected chi connectivity index (χ3v) is 3.89. The number of aliphatic carboxylic acids is 1. The standard InChI is InChI=1S/C18H34NO3/c1-3-4-5-6-7-8-9-10-11-12-13-14-15-17(20)19-16(2)18(21)22/h16H,2-15H2,1H3,(H,19,20)(H,21,22). The van der Waals surface area contributed by atoms with Crippen molar-refractivity contribution in [2.75, 3.05) is 0 Å². The fraction of sp³-hybridized carbons (Fsp3) is 0.833. The lowest BCUT2D eigenvalue weighted by Crippen LogP contribution is -2.38. The van der Waals surface area contributed by atoms with E-state index < -0.39 is 12.0 Å². The molecule has 0 spiro atoms. The molecule has 0 aromatic rings. The van der Waals surface area contributed by atoms with E-state index >= 15 is 0 Å². The summed E-state index contributed by atoms with van der Waals surface area (Å²) < 4.78 is 0. The van der Waals surface area contributed by atoms with Crippen LogP contribution < -0.4 is 5.32 Å². The molecule has 1 radical (unpaired) electrons. The van der Waals surface area contributed by atoms with E-state index in [9.17, 15) is 9.59 Å². The lowest BCUT2D eigenvalue weighted by molar-refractivity contribution is -0.140. The molecule has 0 aromatic carbocycles. The SMILES string of the molecule is [CH2]C(NC(=O)CCCCCCCCCCCCCC)C(=O)O. The minimum atomic E-state index is -1.09. The summed E-state index contributed by atoms with van der Waals surface area (Å²) in [4.78, 5) is 22.0. The van der Waals surface area contributed by atoms with Crippen molar-refractivity contribution < 1.29 is 14.7 Å². The molecule has 0 rings (SSSR count). The van der Waals surface area contributed by atoms with Gasteiger partial charge in [0.25, 0.3) is 0 Å². The Labute approximate surface area is 136 Å². The summed E-state index contributed by atoms with van der Waals surface area (Å²) in [6.07, 6.45) is 15.5. The number of nitrogens with one attached hydrogen (secondary N) is 1. The summed E-state index contributed by atoms with van der Waals surface area (Å²) >= 11 is 0. The van der Waals surface area contributed by atoms with Crippen molar-refractivity contribution in [2.24, 2.45) is 0 Å². The number of carboxylic acids is 1. The predicted octanol–water partition coefficient (Wildman–Crippen LogP) is 4.48. The zero-order chi connectivity index (χ0) is 16.6. The van der Waals surface area contributed by atoms with Gasteiger partial charge in [-0.3, -0.25) is 4.79 Å². The molecule has 22 heavy (non-hydrogen) atoms. The van der Waals surface area contributed by atoms with Crippen molar-refractivity contribution in [3.63, 3.8) is 0 Å². The molecule has 0 heterocycles. The van der Waals surface area contributed by atoms with Gasteiger partial charge in [-0.05, 0) is 13.3 Å². The molecule has 0 saturated heterocycles. The maximum atomic E-state index is 11.4. The second-order valence-electron chi connectivity index (χ2n) is 6.10. The van der Waals surface area contributed by atoms with Gasteiger partial charge < -0.3 is 10.4 Å². The van der Waals surface area contributed by atoms with E-state index in [1.165, 1.54) is 57.8 Å². The third kappa shape index (κ3) is 13.9. The summed E-state index contributed by atoms with van der Waals surface area (Å²) in [7, 11) is 0. The molecule has 4 heteroatoms. The highest BCUT2D eigenvalue weighted by Crippen LogP contribution is 2.12. The minimum absolute atomic E-state index is 0.213. The molecule has 0 aliphatic carbocycles. The van der Waals surface area contributed by atoms with Crippen LogP contribution >= 0.6 is 0 Å². The number of hydrogen-bond donors (Lipinski definition) is 2. The molecule has 0 bridgehead atoms. The average molecular weight is 312 g/mol. The number of rotatable bonds is 15. The van der Waals surface area contributed by atoms with Crippen LogP contribution in [0.5, 0.6) is 0 Å². The molecule has 0 aromatic heterocycles. The van der Waals surface area contributed by atoms with Gasteiger partial charge in [-0.1, -0.05) is 77.6 Å². The number of unbranched alkanes of at least 4 members (excludes halogenated alkanes) is 11. The first kappa shape index (κ1) is 20.9. The fourth-order valence-corrected chi connectivity index (χ4v) is 2.45. The maximum absolute atomic E-state index is 11.4. The van der Waals surface area contributed by atoms with Crippen molar-refractivity contribution >= 4 is 11.9 Å². The Morgan fingerprint density at radius 3 is 1.68 bits per heavy atom. The van der Waals surface area contributed by atoms with Crippen LogP contribution in [0.4, 0.5) is 0 Å². The molecule has 0 aliphatic heterocycles. The van der Waals surface area contributed by atoms with Crippen molar-refractivity contribution in [3.8, 4) is 0 Å². The smallest absolute Gasteiger partial charge is 0.326 e. The summed E-state index contributed by atoms with van der Waals surface area (Å²) in [6.45, 7) is 5.60. The highest BCUT2D eigenvalue weighted by molar-refractivity contribution is 5.83. The molecule has 0 saturated carbocycles. The van der Waals surface area contributed by atoms with Crippen molar-refractivity contribution in [1.82, 2.24) is 5.32 Å². The summed E-state index contributed by atoms with van der Waals surface area (Å²) in [5, 5.41) is 11.0. The zero-order valence-electron chi connectivity index (χ0n) is 14.2. The molecule has 0 fully saturated rings. The summed E-state index contributed by atoms with van der Waals surface area (Å²) in [5.41, 5.74) is 0. The van der Waals surface area contributed by atoms with Crippen LogP contribution in [0.1, 0.15) is 90.4 Å². The van der Waals surface area contributed by atoms with Gasteiger partial charge in [0, 0.05) is 6.42 Å². The van der Waals surface area contributed by atoms with Crippen LogP contribution in [0.15, 0.2) is 0 Å². The first-order valence-electron chi connectivity index (χ1n) is 8.93. The molecule has 1 amide bonds. The van der Waals surface area contributed by atoms with Gasteiger partial charge >= 0.3 is 5.97 Å². The Morgan fingerprint density at radius 1 is 0.864 bits per heavy atom. The maximum Gasteiger partial charge on any atom is 0.326 e. The monoisotopic (exact) mass is 312 g/mol. The fourth-order valence-electron chi connectivity index (χ4n) is 2.45. The number of carbonyl (C=O) groups is 2. The first-order valence-corrected chi connectivity index (χ1v) is 8.93. The highest BCUT2D eigenvalue weighted by Gasteiger charge is 2.13. The van der Waals surface area contributed by atoms with Gasteiger partial charge in [0.05, 0.1) is 0 Å². The Balaban J connectivity index is 3.23. The van der Waals surface area contributed by atoms with E-state index in [2.05, 4.69) is 19.2 Å². The average Bonchev–Trinajstić information content (AvgIpc) is 2.48. The largest absolute Gasteiger partial charge is 0.480 e. The number of carbonyl (C=O) groups excluding carboxylic acids is 1. The van der Waals surface area contributed by atoms with Gasteiger partial charge in [-0.25, -0.2) is 4.79 Å². The van der Waals surface area contributed by atoms with Crippen LogP contribution in [-0.2, 0) is 9.59 Å². The second kappa shape index (κ2) is 14.9. The molecule has 1 unspecified atom stereocenters. The van der Waals surface area contributed by atoms with Crippen molar-refractivity contribution in [3.05, 3.63) is 6.92 Å². The molecular formula is C18H34NO3. The summed E-state index contributed by atoms with van der Waals surface area (Å²) in [6, 6.07) is -1.04. The Bertz CT molecular complexity index is 292. The molecule has 1 atom stereocenters. The number of amides is 1. The van der Waals surface area contributed by atoms with Crippen LogP contribution in [0, 0.1) is 6.92 Å². The Hall–Kier alpha value is -1.06. The summed E-state index contributed by atoms with van der Waals surface area (Å²) in [5.74, 6) is -1.31. The van der Waals surface area contributed by atoms with Crippen LogP contribution in [0.2, 0.25) is 0 Å². The Kier molecular flexibility index (Phi) is 14.1. The van der Waals surface area contributed by atoms with E-state index in [0.29, 0.717) is 6.42 Å². The normalized spacial score (nSPS) is 12.1. The predicted molar refractivity (Wildman–Crippen MR) is 90.6 cm³/mol. The van der Waals surface area contributed by atoms with E-state index in [1.54, 1.807) is 0 Å². The minimum Gasteiger partial charge on any atom is -0.480 e. The van der Waals surface area contributed by atoms with Gasteiger partial charge in [-0.2, -0.15) is 0 Å². The zero-order valence-corrected chi connectivity index (χ0v) is 14.2. The van der Waals surface area contributed by atoms with E-state index in [0.717, 1.165) is 19.3 Å². The van der Waals surface area contributed by atoms with Gasteiger partial charge in [0.1, 0.15) is 6.04 Å². The molecule has 129 valence electrons. The van der Waals surface area contributed by atoms with Gasteiger partial charge in [0.15, 0.2) is 0 Å².